The molecule has 2 fully saturated rings. The highest BCUT2D eigenvalue weighted by Gasteiger charge is 2.59. The SMILES string of the molecule is COc1ccc(CN2OCC3CN(C(=O)O)CC32c2cc(NC(C)=O)ccn2)cc1. The van der Waals surface area contributed by atoms with Crippen LogP contribution in [0, 0.1) is 5.92 Å². The number of hydroxylamine groups is 2. The Kier molecular flexibility index (Phi) is 5.31. The number of fused-ring (bicyclic) bond motifs is 1. The molecule has 9 nitrogen and oxygen atoms in total. The first-order chi connectivity index (χ1) is 14.4. The van der Waals surface area contributed by atoms with Gasteiger partial charge in [0.05, 0.1) is 32.5 Å². The summed E-state index contributed by atoms with van der Waals surface area (Å²) in [6.07, 6.45) is 0.658. The second-order valence-corrected chi connectivity index (χ2v) is 7.58. The number of carbonyl (C=O) groups excluding carboxylic acids is 1. The molecule has 2 amide bonds. The molecule has 2 unspecified atom stereocenters. The molecule has 0 saturated carbocycles. The number of nitrogens with zero attached hydrogens (tertiary/aromatic N) is 3. The molecule has 1 aromatic heterocycles. The van der Waals surface area contributed by atoms with Crippen LogP contribution in [0.1, 0.15) is 18.2 Å². The average Bonchev–Trinajstić information content (AvgIpc) is 3.26. The summed E-state index contributed by atoms with van der Waals surface area (Å²) in [5, 5.41) is 14.2. The van der Waals surface area contributed by atoms with Crippen LogP contribution in [0.2, 0.25) is 0 Å². The molecule has 0 radical (unpaired) electrons. The van der Waals surface area contributed by atoms with Gasteiger partial charge in [-0.25, -0.2) is 4.79 Å². The molecule has 1 aromatic carbocycles. The van der Waals surface area contributed by atoms with Crippen molar-refractivity contribution in [3.8, 4) is 5.75 Å². The van der Waals surface area contributed by atoms with Crippen molar-refractivity contribution in [2.24, 2.45) is 5.92 Å². The van der Waals surface area contributed by atoms with E-state index in [1.54, 1.807) is 25.4 Å². The summed E-state index contributed by atoms with van der Waals surface area (Å²) >= 11 is 0. The normalized spacial score (nSPS) is 23.3. The van der Waals surface area contributed by atoms with Gasteiger partial charge in [-0.2, -0.15) is 5.06 Å². The number of carboxylic acid groups (broad SMARTS) is 1. The second-order valence-electron chi connectivity index (χ2n) is 7.58. The first-order valence-electron chi connectivity index (χ1n) is 9.68. The minimum absolute atomic E-state index is 0.0769. The summed E-state index contributed by atoms with van der Waals surface area (Å²) < 4.78 is 5.22. The van der Waals surface area contributed by atoms with Crippen LogP contribution in [0.5, 0.6) is 5.75 Å². The van der Waals surface area contributed by atoms with Gasteiger partial charge in [-0.15, -0.1) is 0 Å². The van der Waals surface area contributed by atoms with Crippen molar-refractivity contribution in [2.45, 2.75) is 19.0 Å². The summed E-state index contributed by atoms with van der Waals surface area (Å²) in [6.45, 7) is 2.89. The van der Waals surface area contributed by atoms with Gasteiger partial charge in [0.25, 0.3) is 0 Å². The Hall–Kier alpha value is -3.17. The summed E-state index contributed by atoms with van der Waals surface area (Å²) in [7, 11) is 1.62. The molecule has 2 aliphatic heterocycles. The molecule has 2 N–H and O–H groups in total. The van der Waals surface area contributed by atoms with Crippen molar-refractivity contribution in [3.63, 3.8) is 0 Å². The molecule has 0 aliphatic carbocycles. The predicted molar refractivity (Wildman–Crippen MR) is 108 cm³/mol. The average molecular weight is 412 g/mol. The fraction of sp³-hybridized carbons (Fsp3) is 0.381. The first kappa shape index (κ1) is 20.1. The van der Waals surface area contributed by atoms with E-state index in [9.17, 15) is 14.7 Å². The number of hydrogen-bond donors (Lipinski definition) is 2. The van der Waals surface area contributed by atoms with Gasteiger partial charge in [0.2, 0.25) is 5.91 Å². The predicted octanol–water partition coefficient (Wildman–Crippen LogP) is 2.30. The van der Waals surface area contributed by atoms with E-state index in [4.69, 9.17) is 9.57 Å². The van der Waals surface area contributed by atoms with Crippen molar-refractivity contribution in [2.75, 3.05) is 32.1 Å². The Balaban J connectivity index is 1.71. The molecule has 158 valence electrons. The molecular weight excluding hydrogens is 388 g/mol. The Morgan fingerprint density at radius 2 is 2.10 bits per heavy atom. The number of pyridine rings is 1. The van der Waals surface area contributed by atoms with Gasteiger partial charge in [0.15, 0.2) is 0 Å². The zero-order valence-electron chi connectivity index (χ0n) is 16.9. The highest BCUT2D eigenvalue weighted by Crippen LogP contribution is 2.47. The standard InChI is InChI=1S/C21H24N4O5/c1-14(26)23-17-7-8-22-19(9-17)21-13-24(20(27)28)11-16(21)12-30-25(21)10-15-3-5-18(29-2)6-4-15/h3-9,16H,10-13H2,1-2H3,(H,27,28)(H,22,23,26). The van der Waals surface area contributed by atoms with Crippen LogP contribution in [0.4, 0.5) is 10.5 Å². The zero-order valence-corrected chi connectivity index (χ0v) is 16.9. The van der Waals surface area contributed by atoms with E-state index < -0.39 is 11.6 Å². The van der Waals surface area contributed by atoms with Crippen molar-refractivity contribution in [3.05, 3.63) is 53.9 Å². The first-order valence-corrected chi connectivity index (χ1v) is 9.68. The molecule has 2 atom stereocenters. The maximum absolute atomic E-state index is 11.7. The number of hydrogen-bond acceptors (Lipinski definition) is 6. The fourth-order valence-corrected chi connectivity index (χ4v) is 4.27. The number of anilines is 1. The van der Waals surface area contributed by atoms with Crippen LogP contribution >= 0.6 is 0 Å². The van der Waals surface area contributed by atoms with Gasteiger partial charge < -0.3 is 20.1 Å². The van der Waals surface area contributed by atoms with Crippen molar-refractivity contribution >= 4 is 17.7 Å². The third kappa shape index (κ3) is 3.57. The van der Waals surface area contributed by atoms with Gasteiger partial charge in [-0.05, 0) is 29.8 Å². The third-order valence-corrected chi connectivity index (χ3v) is 5.70. The molecule has 9 heteroatoms. The molecule has 30 heavy (non-hydrogen) atoms. The number of likely N-dealkylation sites (tertiary alicyclic amines) is 1. The zero-order chi connectivity index (χ0) is 21.3. The van der Waals surface area contributed by atoms with Crippen molar-refractivity contribution in [1.29, 1.82) is 0 Å². The van der Waals surface area contributed by atoms with E-state index in [1.807, 2.05) is 29.3 Å². The van der Waals surface area contributed by atoms with Crippen LogP contribution in [0.3, 0.4) is 0 Å². The Labute approximate surface area is 174 Å². The number of benzene rings is 1. The van der Waals surface area contributed by atoms with E-state index >= 15 is 0 Å². The fourth-order valence-electron chi connectivity index (χ4n) is 4.27. The second kappa shape index (κ2) is 7.92. The largest absolute Gasteiger partial charge is 0.497 e. The monoisotopic (exact) mass is 412 g/mol. The van der Waals surface area contributed by atoms with E-state index in [0.717, 1.165) is 11.3 Å². The van der Waals surface area contributed by atoms with E-state index in [2.05, 4.69) is 10.3 Å². The smallest absolute Gasteiger partial charge is 0.407 e. The summed E-state index contributed by atoms with van der Waals surface area (Å²) in [4.78, 5) is 35.2. The lowest BCUT2D eigenvalue weighted by molar-refractivity contribution is -0.177. The maximum atomic E-state index is 11.7. The summed E-state index contributed by atoms with van der Waals surface area (Å²) in [5.74, 6) is 0.501. The van der Waals surface area contributed by atoms with Crippen molar-refractivity contribution < 1.29 is 24.3 Å². The number of rotatable bonds is 5. The summed E-state index contributed by atoms with van der Waals surface area (Å²) in [5.41, 5.74) is 1.55. The number of aromatic nitrogens is 1. The van der Waals surface area contributed by atoms with Crippen LogP contribution in [0.15, 0.2) is 42.6 Å². The number of nitrogens with one attached hydrogen (secondary N) is 1. The number of methoxy groups -OCH3 is 1. The highest BCUT2D eigenvalue weighted by atomic mass is 16.7. The van der Waals surface area contributed by atoms with E-state index in [1.165, 1.54) is 11.8 Å². The molecule has 4 rings (SSSR count). The minimum Gasteiger partial charge on any atom is -0.497 e. The van der Waals surface area contributed by atoms with Crippen LogP contribution < -0.4 is 10.1 Å². The van der Waals surface area contributed by atoms with Crippen LogP contribution in [0.25, 0.3) is 0 Å². The molecular formula is C21H24N4O5. The van der Waals surface area contributed by atoms with Gasteiger partial charge in [-0.3, -0.25) is 14.6 Å². The highest BCUT2D eigenvalue weighted by molar-refractivity contribution is 5.88. The number of ether oxygens (including phenoxy) is 1. The maximum Gasteiger partial charge on any atom is 0.407 e. The Morgan fingerprint density at radius 3 is 2.77 bits per heavy atom. The molecule has 2 saturated heterocycles. The van der Waals surface area contributed by atoms with Crippen LogP contribution in [-0.4, -0.2) is 58.9 Å². The molecule has 2 aliphatic rings. The van der Waals surface area contributed by atoms with Gasteiger partial charge in [0, 0.05) is 31.3 Å². The van der Waals surface area contributed by atoms with E-state index in [-0.39, 0.29) is 18.4 Å². The van der Waals surface area contributed by atoms with Crippen LogP contribution in [-0.2, 0) is 21.7 Å². The lowest BCUT2D eigenvalue weighted by Crippen LogP contribution is -2.47. The van der Waals surface area contributed by atoms with Gasteiger partial charge in [0.1, 0.15) is 11.3 Å². The van der Waals surface area contributed by atoms with Crippen molar-refractivity contribution in [1.82, 2.24) is 14.9 Å². The Morgan fingerprint density at radius 1 is 1.33 bits per heavy atom. The molecule has 0 spiro atoms. The topological polar surface area (TPSA) is 104 Å². The van der Waals surface area contributed by atoms with Gasteiger partial charge in [-0.1, -0.05) is 12.1 Å². The lowest BCUT2D eigenvalue weighted by atomic mass is 9.84. The minimum atomic E-state index is -0.966. The molecule has 0 bridgehead atoms. The summed E-state index contributed by atoms with van der Waals surface area (Å²) in [6, 6.07) is 11.2. The number of amides is 2. The molecule has 3 heterocycles. The van der Waals surface area contributed by atoms with Gasteiger partial charge >= 0.3 is 6.09 Å². The van der Waals surface area contributed by atoms with E-state index in [0.29, 0.717) is 31.1 Å². The number of carbonyl (C=O) groups is 2. The third-order valence-electron chi connectivity index (χ3n) is 5.70. The quantitative estimate of drug-likeness (QED) is 0.776. The lowest BCUT2D eigenvalue weighted by Gasteiger charge is -2.35. The Bertz CT molecular complexity index is 951. The molecule has 2 aromatic rings.